The highest BCUT2D eigenvalue weighted by molar-refractivity contribution is 5.94. The second kappa shape index (κ2) is 5.46. The summed E-state index contributed by atoms with van der Waals surface area (Å²) in [4.78, 5) is 16.7. The van der Waals surface area contributed by atoms with Crippen LogP contribution in [0.2, 0.25) is 0 Å². The number of H-pyrrole nitrogens is 1. The predicted octanol–water partition coefficient (Wildman–Crippen LogP) is 3.05. The van der Waals surface area contributed by atoms with Gasteiger partial charge in [-0.3, -0.25) is 4.79 Å². The van der Waals surface area contributed by atoms with Gasteiger partial charge in [0.1, 0.15) is 0 Å². The fraction of sp³-hybridized carbons (Fsp3) is 0. The van der Waals surface area contributed by atoms with Crippen LogP contribution in [0.3, 0.4) is 0 Å². The fourth-order valence-corrected chi connectivity index (χ4v) is 2.60. The average Bonchev–Trinajstić information content (AvgIpc) is 2.62. The Morgan fingerprint density at radius 3 is 2.17 bits per heavy atom. The molecule has 0 unspecified atom stereocenters. The Labute approximate surface area is 131 Å². The maximum absolute atomic E-state index is 12.2. The van der Waals surface area contributed by atoms with Crippen molar-refractivity contribution < 1.29 is 0 Å². The summed E-state index contributed by atoms with van der Waals surface area (Å²) in [5.41, 5.74) is 3.52. The van der Waals surface area contributed by atoms with E-state index in [4.69, 9.17) is 0 Å². The van der Waals surface area contributed by atoms with Crippen molar-refractivity contribution in [1.82, 2.24) is 20.4 Å². The molecule has 0 aliphatic heterocycles. The van der Waals surface area contributed by atoms with E-state index >= 15 is 0 Å². The van der Waals surface area contributed by atoms with Crippen LogP contribution in [-0.2, 0) is 0 Å². The Hall–Kier alpha value is -3.34. The van der Waals surface area contributed by atoms with Crippen molar-refractivity contribution in [3.05, 3.63) is 77.1 Å². The molecule has 0 radical (unpaired) electrons. The molecule has 0 saturated heterocycles. The van der Waals surface area contributed by atoms with Gasteiger partial charge in [0.2, 0.25) is 0 Å². The zero-order valence-electron chi connectivity index (χ0n) is 12.1. The number of nitrogens with zero attached hydrogens (tertiary/aromatic N) is 3. The van der Waals surface area contributed by atoms with E-state index in [0.29, 0.717) is 11.0 Å². The van der Waals surface area contributed by atoms with Crippen molar-refractivity contribution in [3.63, 3.8) is 0 Å². The number of aromatic amines is 1. The summed E-state index contributed by atoms with van der Waals surface area (Å²) in [5.74, 6) is 0. The second-order valence-corrected chi connectivity index (χ2v) is 5.13. The number of nitrogens with one attached hydrogen (secondary N) is 1. The van der Waals surface area contributed by atoms with Crippen molar-refractivity contribution in [2.45, 2.75) is 0 Å². The van der Waals surface area contributed by atoms with Gasteiger partial charge in [0.05, 0.1) is 11.1 Å². The van der Waals surface area contributed by atoms with Gasteiger partial charge in [0.25, 0.3) is 5.56 Å². The van der Waals surface area contributed by atoms with Crippen LogP contribution in [0.25, 0.3) is 33.4 Å². The third-order valence-corrected chi connectivity index (χ3v) is 3.68. The first-order valence-electron chi connectivity index (χ1n) is 7.20. The lowest BCUT2D eigenvalue weighted by Crippen LogP contribution is -2.12. The van der Waals surface area contributed by atoms with Crippen LogP contribution in [-0.4, -0.2) is 20.4 Å². The van der Waals surface area contributed by atoms with E-state index in [9.17, 15) is 4.79 Å². The summed E-state index contributed by atoms with van der Waals surface area (Å²) in [7, 11) is 0. The molecule has 0 bridgehead atoms. The summed E-state index contributed by atoms with van der Waals surface area (Å²) in [6.07, 6.45) is 0. The number of hydrogen-bond donors (Lipinski definition) is 1. The second-order valence-electron chi connectivity index (χ2n) is 5.13. The standard InChI is InChI=1S/C18H12N4O/c23-18-16-14(12-7-3-1-4-8-12)11-15(13-9-5-2-6-10-13)19-17(16)20-22-21-18/h1-11H,(H,19,20,21,23). The number of benzene rings is 2. The van der Waals surface area contributed by atoms with E-state index in [0.717, 1.165) is 22.4 Å². The SMILES string of the molecule is O=c1[nH]nnc2nc(-c3ccccc3)cc(-c3ccccc3)c12. The van der Waals surface area contributed by atoms with Crippen LogP contribution in [0.5, 0.6) is 0 Å². The summed E-state index contributed by atoms with van der Waals surface area (Å²) in [6.45, 7) is 0. The van der Waals surface area contributed by atoms with Crippen molar-refractivity contribution in [2.75, 3.05) is 0 Å². The van der Waals surface area contributed by atoms with Gasteiger partial charge in [0.15, 0.2) is 5.65 Å². The smallest absolute Gasteiger partial charge is 0.267 e. The molecule has 4 rings (SSSR count). The normalized spacial score (nSPS) is 10.8. The van der Waals surface area contributed by atoms with Crippen molar-refractivity contribution in [1.29, 1.82) is 0 Å². The van der Waals surface area contributed by atoms with Crippen LogP contribution in [0, 0.1) is 0 Å². The average molecular weight is 300 g/mol. The molecule has 0 amide bonds. The van der Waals surface area contributed by atoms with Gasteiger partial charge in [-0.15, -0.1) is 5.10 Å². The number of pyridine rings is 1. The minimum Gasteiger partial charge on any atom is -0.267 e. The Kier molecular flexibility index (Phi) is 3.16. The molecular formula is C18H12N4O. The van der Waals surface area contributed by atoms with E-state index in [2.05, 4.69) is 20.4 Å². The maximum atomic E-state index is 12.2. The predicted molar refractivity (Wildman–Crippen MR) is 88.8 cm³/mol. The van der Waals surface area contributed by atoms with E-state index in [1.54, 1.807) is 0 Å². The molecule has 110 valence electrons. The molecule has 0 saturated carbocycles. The molecular weight excluding hydrogens is 288 g/mol. The van der Waals surface area contributed by atoms with Crippen molar-refractivity contribution in [3.8, 4) is 22.4 Å². The van der Waals surface area contributed by atoms with Crippen LogP contribution >= 0.6 is 0 Å². The van der Waals surface area contributed by atoms with E-state index in [1.165, 1.54) is 0 Å². The lowest BCUT2D eigenvalue weighted by Gasteiger charge is -2.08. The topological polar surface area (TPSA) is 71.5 Å². The lowest BCUT2D eigenvalue weighted by atomic mass is 10.0. The van der Waals surface area contributed by atoms with Gasteiger partial charge in [-0.25, -0.2) is 10.1 Å². The Balaban J connectivity index is 2.08. The molecule has 23 heavy (non-hydrogen) atoms. The third-order valence-electron chi connectivity index (χ3n) is 3.68. The summed E-state index contributed by atoms with van der Waals surface area (Å²) < 4.78 is 0. The first-order valence-corrected chi connectivity index (χ1v) is 7.20. The van der Waals surface area contributed by atoms with Crippen LogP contribution in [0.15, 0.2) is 71.5 Å². The monoisotopic (exact) mass is 300 g/mol. The highest BCUT2D eigenvalue weighted by atomic mass is 16.1. The molecule has 0 aliphatic rings. The Morgan fingerprint density at radius 2 is 1.48 bits per heavy atom. The largest absolute Gasteiger partial charge is 0.277 e. The maximum Gasteiger partial charge on any atom is 0.277 e. The highest BCUT2D eigenvalue weighted by Gasteiger charge is 2.13. The van der Waals surface area contributed by atoms with E-state index in [-0.39, 0.29) is 5.56 Å². The van der Waals surface area contributed by atoms with Gasteiger partial charge in [-0.05, 0) is 11.6 Å². The van der Waals surface area contributed by atoms with E-state index in [1.807, 2.05) is 66.7 Å². The molecule has 1 N–H and O–H groups in total. The fourth-order valence-electron chi connectivity index (χ4n) is 2.60. The molecule has 5 heteroatoms. The van der Waals surface area contributed by atoms with Crippen molar-refractivity contribution in [2.24, 2.45) is 0 Å². The number of rotatable bonds is 2. The quantitative estimate of drug-likeness (QED) is 0.617. The number of aromatic nitrogens is 4. The molecule has 5 nitrogen and oxygen atoms in total. The first-order chi connectivity index (χ1) is 11.3. The molecule has 0 atom stereocenters. The number of fused-ring (bicyclic) bond motifs is 1. The van der Waals surface area contributed by atoms with E-state index < -0.39 is 0 Å². The van der Waals surface area contributed by atoms with Gasteiger partial charge in [-0.2, -0.15) is 0 Å². The zero-order chi connectivity index (χ0) is 15.6. The van der Waals surface area contributed by atoms with Gasteiger partial charge >= 0.3 is 0 Å². The molecule has 2 aromatic carbocycles. The minimum absolute atomic E-state index is 0.291. The minimum atomic E-state index is -0.291. The molecule has 0 aliphatic carbocycles. The Bertz CT molecular complexity index is 1030. The number of hydrogen-bond acceptors (Lipinski definition) is 4. The van der Waals surface area contributed by atoms with Crippen LogP contribution < -0.4 is 5.56 Å². The third kappa shape index (κ3) is 2.38. The van der Waals surface area contributed by atoms with Gasteiger partial charge in [-0.1, -0.05) is 65.9 Å². The summed E-state index contributed by atoms with van der Waals surface area (Å²) in [5, 5.41) is 10.5. The molecule has 2 heterocycles. The Morgan fingerprint density at radius 1 is 0.826 bits per heavy atom. The molecule has 0 fully saturated rings. The molecule has 0 spiro atoms. The summed E-state index contributed by atoms with van der Waals surface area (Å²) >= 11 is 0. The molecule has 4 aromatic rings. The van der Waals surface area contributed by atoms with Gasteiger partial charge < -0.3 is 0 Å². The first kappa shape index (κ1) is 13.3. The summed E-state index contributed by atoms with van der Waals surface area (Å²) in [6, 6.07) is 21.5. The highest BCUT2D eigenvalue weighted by Crippen LogP contribution is 2.29. The lowest BCUT2D eigenvalue weighted by molar-refractivity contribution is 0.864. The molecule has 2 aromatic heterocycles. The van der Waals surface area contributed by atoms with Gasteiger partial charge in [0, 0.05) is 11.1 Å². The van der Waals surface area contributed by atoms with Crippen LogP contribution in [0.1, 0.15) is 0 Å². The van der Waals surface area contributed by atoms with Crippen LogP contribution in [0.4, 0.5) is 0 Å². The van der Waals surface area contributed by atoms with Crippen molar-refractivity contribution >= 4 is 11.0 Å². The zero-order valence-corrected chi connectivity index (χ0v) is 12.1.